The molecule has 1 heterocycles. The maximum atomic E-state index is 11.8. The molecule has 2 rings (SSSR count). The number of aryl methyl sites for hydroxylation is 1. The molecule has 6 nitrogen and oxygen atoms in total. The van der Waals surface area contributed by atoms with E-state index in [1.807, 2.05) is 18.3 Å². The highest BCUT2D eigenvalue weighted by molar-refractivity contribution is 5.93. The maximum Gasteiger partial charge on any atom is 0.331 e. The second kappa shape index (κ2) is 10.5. The molecule has 6 heteroatoms. The van der Waals surface area contributed by atoms with Crippen LogP contribution in [0.3, 0.4) is 0 Å². The summed E-state index contributed by atoms with van der Waals surface area (Å²) in [6.07, 6.45) is 9.30. The van der Waals surface area contributed by atoms with E-state index in [9.17, 15) is 15.0 Å². The smallest absolute Gasteiger partial charge is 0.331 e. The summed E-state index contributed by atoms with van der Waals surface area (Å²) in [6, 6.07) is 3.97. The molecule has 0 radical (unpaired) electrons. The normalized spacial score (nSPS) is 11.4. The van der Waals surface area contributed by atoms with Crippen molar-refractivity contribution in [1.29, 1.82) is 0 Å². The van der Waals surface area contributed by atoms with E-state index in [1.54, 1.807) is 26.1 Å². The van der Waals surface area contributed by atoms with Crippen molar-refractivity contribution in [3.63, 3.8) is 0 Å². The number of aromatic hydroxyl groups is 1. The van der Waals surface area contributed by atoms with Crippen LogP contribution in [0.25, 0.3) is 6.08 Å². The number of rotatable bonds is 10. The van der Waals surface area contributed by atoms with Crippen molar-refractivity contribution in [3.05, 3.63) is 52.4 Å². The summed E-state index contributed by atoms with van der Waals surface area (Å²) in [6.45, 7) is 3.49. The number of carboxylic acids is 1. The van der Waals surface area contributed by atoms with E-state index in [0.29, 0.717) is 40.2 Å². The highest BCUT2D eigenvalue weighted by atomic mass is 16.5. The zero-order valence-corrected chi connectivity index (χ0v) is 17.5. The lowest BCUT2D eigenvalue weighted by atomic mass is 9.97. The Morgan fingerprint density at radius 3 is 2.41 bits per heavy atom. The number of hydrogen-bond acceptors (Lipinski definition) is 5. The van der Waals surface area contributed by atoms with Crippen molar-refractivity contribution in [3.8, 4) is 17.2 Å². The van der Waals surface area contributed by atoms with Crippen LogP contribution in [0.4, 0.5) is 0 Å². The number of carbonyl (C=O) groups is 1. The lowest BCUT2D eigenvalue weighted by molar-refractivity contribution is -0.132. The summed E-state index contributed by atoms with van der Waals surface area (Å²) in [7, 11) is 2.98. The van der Waals surface area contributed by atoms with Crippen LogP contribution in [-0.4, -0.2) is 35.4 Å². The number of phenols is 1. The van der Waals surface area contributed by atoms with E-state index in [1.165, 1.54) is 19.8 Å². The molecule has 0 spiro atoms. The molecule has 0 unspecified atom stereocenters. The van der Waals surface area contributed by atoms with Gasteiger partial charge >= 0.3 is 5.97 Å². The van der Waals surface area contributed by atoms with E-state index < -0.39 is 5.97 Å². The summed E-state index contributed by atoms with van der Waals surface area (Å²) in [5.74, 6) is -0.165. The van der Waals surface area contributed by atoms with Crippen molar-refractivity contribution in [1.82, 2.24) is 4.98 Å². The third-order valence-electron chi connectivity index (χ3n) is 5.04. The zero-order chi connectivity index (χ0) is 21.4. The Hall–Kier alpha value is -3.02. The number of carboxylic acid groups (broad SMARTS) is 1. The minimum atomic E-state index is -0.955. The summed E-state index contributed by atoms with van der Waals surface area (Å²) >= 11 is 0. The van der Waals surface area contributed by atoms with E-state index >= 15 is 0 Å². The van der Waals surface area contributed by atoms with Gasteiger partial charge in [0.15, 0.2) is 11.5 Å². The third-order valence-corrected chi connectivity index (χ3v) is 5.04. The molecule has 0 bridgehead atoms. The molecule has 2 N–H and O–H groups in total. The number of benzene rings is 1. The van der Waals surface area contributed by atoms with Gasteiger partial charge in [0.25, 0.3) is 0 Å². The van der Waals surface area contributed by atoms with Crippen LogP contribution >= 0.6 is 0 Å². The van der Waals surface area contributed by atoms with Crippen molar-refractivity contribution < 1.29 is 24.5 Å². The second-order valence-electron chi connectivity index (χ2n) is 6.98. The predicted octanol–water partition coefficient (Wildman–Crippen LogP) is 4.69. The Bertz CT molecular complexity index is 875. The number of hydrogen-bond donors (Lipinski definition) is 2. The summed E-state index contributed by atoms with van der Waals surface area (Å²) in [4.78, 5) is 15.9. The van der Waals surface area contributed by atoms with Crippen LogP contribution in [0.5, 0.6) is 17.2 Å². The molecule has 29 heavy (non-hydrogen) atoms. The van der Waals surface area contributed by atoms with E-state index in [2.05, 4.69) is 4.98 Å². The molecule has 0 fully saturated rings. The van der Waals surface area contributed by atoms with Gasteiger partial charge in [-0.05, 0) is 57.2 Å². The highest BCUT2D eigenvalue weighted by Crippen LogP contribution is 2.43. The fourth-order valence-electron chi connectivity index (χ4n) is 3.42. The Morgan fingerprint density at radius 1 is 1.10 bits per heavy atom. The lowest BCUT2D eigenvalue weighted by Gasteiger charge is -2.18. The number of unbranched alkanes of at least 4 members (excludes halogenated alkanes) is 2. The minimum Gasteiger partial charge on any atom is -0.504 e. The van der Waals surface area contributed by atoms with Gasteiger partial charge in [-0.3, -0.25) is 4.98 Å². The Kier molecular flexibility index (Phi) is 8.07. The summed E-state index contributed by atoms with van der Waals surface area (Å²) < 4.78 is 10.8. The number of ether oxygens (including phenoxy) is 2. The molecule has 1 aromatic carbocycles. The van der Waals surface area contributed by atoms with E-state index in [0.717, 1.165) is 25.7 Å². The topological polar surface area (TPSA) is 88.9 Å². The van der Waals surface area contributed by atoms with Gasteiger partial charge in [-0.1, -0.05) is 12.5 Å². The molecule has 0 aliphatic carbocycles. The first-order chi connectivity index (χ1) is 13.9. The number of aromatic nitrogens is 1. The number of phenolic OH excluding ortho intramolecular Hbond substituents is 1. The molecule has 0 aliphatic rings. The molecular weight excluding hydrogens is 370 g/mol. The molecule has 0 atom stereocenters. The van der Waals surface area contributed by atoms with Crippen LogP contribution in [0, 0.1) is 13.8 Å². The van der Waals surface area contributed by atoms with Gasteiger partial charge < -0.3 is 19.7 Å². The van der Waals surface area contributed by atoms with E-state index in [4.69, 9.17) is 9.47 Å². The first kappa shape index (κ1) is 22.3. The van der Waals surface area contributed by atoms with Gasteiger partial charge in [0.1, 0.15) is 5.75 Å². The molecule has 0 amide bonds. The van der Waals surface area contributed by atoms with Gasteiger partial charge in [-0.25, -0.2) is 4.79 Å². The fraction of sp³-hybridized carbons (Fsp3) is 0.391. The number of methoxy groups -OCH3 is 2. The Morgan fingerprint density at radius 2 is 1.83 bits per heavy atom. The van der Waals surface area contributed by atoms with E-state index in [-0.39, 0.29) is 5.75 Å². The van der Waals surface area contributed by atoms with Gasteiger partial charge in [0, 0.05) is 34.7 Å². The lowest BCUT2D eigenvalue weighted by Crippen LogP contribution is -2.03. The van der Waals surface area contributed by atoms with Crippen molar-refractivity contribution in [2.45, 2.75) is 46.0 Å². The van der Waals surface area contributed by atoms with Gasteiger partial charge in [-0.2, -0.15) is 0 Å². The van der Waals surface area contributed by atoms with Crippen molar-refractivity contribution >= 4 is 12.0 Å². The summed E-state index contributed by atoms with van der Waals surface area (Å²) in [5, 5.41) is 20.0. The number of nitrogens with zero attached hydrogens (tertiary/aromatic N) is 1. The first-order valence-corrected chi connectivity index (χ1v) is 9.67. The minimum absolute atomic E-state index is 0.00581. The SMILES string of the molecule is COc1c(C)c(C=C(CCCCCc2cccnc2)C(=O)O)c(OC)c(C)c1O. The predicted molar refractivity (Wildman–Crippen MR) is 113 cm³/mol. The Balaban J connectivity index is 2.16. The van der Waals surface area contributed by atoms with Crippen LogP contribution < -0.4 is 9.47 Å². The van der Waals surface area contributed by atoms with Crippen LogP contribution in [0.1, 0.15) is 47.9 Å². The summed E-state index contributed by atoms with van der Waals surface area (Å²) in [5.41, 5.74) is 3.27. The molecular formula is C23H29NO5. The molecule has 2 aromatic rings. The van der Waals surface area contributed by atoms with Crippen molar-refractivity contribution in [2.75, 3.05) is 14.2 Å². The molecule has 156 valence electrons. The average Bonchev–Trinajstić information content (AvgIpc) is 2.71. The monoisotopic (exact) mass is 399 g/mol. The largest absolute Gasteiger partial charge is 0.504 e. The number of aliphatic carboxylic acids is 1. The highest BCUT2D eigenvalue weighted by Gasteiger charge is 2.21. The Labute approximate surface area is 171 Å². The molecule has 0 aliphatic heterocycles. The number of pyridine rings is 1. The van der Waals surface area contributed by atoms with Gasteiger partial charge in [-0.15, -0.1) is 0 Å². The third kappa shape index (κ3) is 5.50. The van der Waals surface area contributed by atoms with Crippen LogP contribution in [0.2, 0.25) is 0 Å². The van der Waals surface area contributed by atoms with Gasteiger partial charge in [0.2, 0.25) is 0 Å². The molecule has 0 saturated carbocycles. The molecule has 0 saturated heterocycles. The fourth-order valence-corrected chi connectivity index (χ4v) is 3.42. The van der Waals surface area contributed by atoms with Crippen molar-refractivity contribution in [2.24, 2.45) is 0 Å². The zero-order valence-electron chi connectivity index (χ0n) is 17.5. The van der Waals surface area contributed by atoms with Crippen LogP contribution in [-0.2, 0) is 11.2 Å². The first-order valence-electron chi connectivity index (χ1n) is 9.67. The maximum absolute atomic E-state index is 11.8. The van der Waals surface area contributed by atoms with Crippen LogP contribution in [0.15, 0.2) is 30.1 Å². The standard InChI is InChI=1S/C23H29NO5/c1-15-19(21(28-3)16(2)20(25)22(15)29-4)13-18(23(26)27)11-7-5-6-9-17-10-8-12-24-14-17/h8,10,12-14,25H,5-7,9,11H2,1-4H3,(H,26,27). The molecule has 1 aromatic heterocycles. The second-order valence-corrected chi connectivity index (χ2v) is 6.98. The van der Waals surface area contributed by atoms with Gasteiger partial charge in [0.05, 0.1) is 14.2 Å². The quantitative estimate of drug-likeness (QED) is 0.445. The average molecular weight is 399 g/mol.